The highest BCUT2D eigenvalue weighted by Crippen LogP contribution is 2.17. The molecule has 8 nitrogen and oxygen atoms in total. The number of piperazine rings is 1. The molecule has 3 heterocycles. The van der Waals surface area contributed by atoms with E-state index in [9.17, 15) is 4.79 Å². The molecule has 9 heteroatoms. The van der Waals surface area contributed by atoms with E-state index < -0.39 is 0 Å². The molecular weight excluding hydrogens is 422 g/mol. The maximum atomic E-state index is 12.4. The first-order valence-corrected chi connectivity index (χ1v) is 9.80. The SMILES string of the molecule is Cc1ccn(-c2ccc(N3CCN(C(=O)Nc4ccc(Br)cc4)CC3)nn2)n1. The van der Waals surface area contributed by atoms with Crippen LogP contribution in [0.15, 0.2) is 53.1 Å². The molecule has 0 bridgehead atoms. The Morgan fingerprint density at radius 3 is 2.25 bits per heavy atom. The number of carbonyl (C=O) groups excluding carboxylic acids is 1. The number of aryl methyl sites for hydroxylation is 1. The van der Waals surface area contributed by atoms with Gasteiger partial charge in [0, 0.05) is 42.5 Å². The fourth-order valence-corrected chi connectivity index (χ4v) is 3.29. The number of urea groups is 1. The van der Waals surface area contributed by atoms with Crippen LogP contribution in [-0.4, -0.2) is 57.1 Å². The van der Waals surface area contributed by atoms with Crippen molar-refractivity contribution in [3.8, 4) is 5.82 Å². The highest BCUT2D eigenvalue weighted by atomic mass is 79.9. The molecule has 0 unspecified atom stereocenters. The van der Waals surface area contributed by atoms with Crippen LogP contribution in [-0.2, 0) is 0 Å². The first kappa shape index (κ1) is 18.4. The highest BCUT2D eigenvalue weighted by Gasteiger charge is 2.22. The summed E-state index contributed by atoms with van der Waals surface area (Å²) in [6, 6.07) is 13.2. The van der Waals surface area contributed by atoms with Gasteiger partial charge in [0.1, 0.15) is 0 Å². The van der Waals surface area contributed by atoms with Gasteiger partial charge < -0.3 is 15.1 Å². The van der Waals surface area contributed by atoms with Gasteiger partial charge in [-0.15, -0.1) is 10.2 Å². The Morgan fingerprint density at radius 1 is 0.964 bits per heavy atom. The van der Waals surface area contributed by atoms with E-state index >= 15 is 0 Å². The summed E-state index contributed by atoms with van der Waals surface area (Å²) in [5.74, 6) is 1.49. The average Bonchev–Trinajstić information content (AvgIpc) is 3.16. The molecule has 4 rings (SSSR count). The van der Waals surface area contributed by atoms with Gasteiger partial charge in [0.2, 0.25) is 0 Å². The molecule has 0 atom stereocenters. The third-order valence-electron chi connectivity index (χ3n) is 4.58. The molecule has 1 saturated heterocycles. The van der Waals surface area contributed by atoms with E-state index in [1.807, 2.05) is 60.5 Å². The number of hydrogen-bond donors (Lipinski definition) is 1. The zero-order chi connectivity index (χ0) is 19.5. The van der Waals surface area contributed by atoms with E-state index in [0.717, 1.165) is 21.7 Å². The molecule has 1 N–H and O–H groups in total. The summed E-state index contributed by atoms with van der Waals surface area (Å²) in [7, 11) is 0. The van der Waals surface area contributed by atoms with E-state index in [1.165, 1.54) is 0 Å². The molecule has 1 fully saturated rings. The molecule has 2 aromatic heterocycles. The van der Waals surface area contributed by atoms with Crippen LogP contribution in [0.25, 0.3) is 5.82 Å². The van der Waals surface area contributed by atoms with Crippen LogP contribution in [0.1, 0.15) is 5.69 Å². The summed E-state index contributed by atoms with van der Waals surface area (Å²) in [6.45, 7) is 4.62. The second kappa shape index (κ2) is 7.97. The number of rotatable bonds is 3. The summed E-state index contributed by atoms with van der Waals surface area (Å²) >= 11 is 3.39. The Labute approximate surface area is 171 Å². The van der Waals surface area contributed by atoms with Crippen molar-refractivity contribution in [3.05, 3.63) is 58.8 Å². The Hall–Kier alpha value is -2.94. The lowest BCUT2D eigenvalue weighted by Gasteiger charge is -2.35. The Balaban J connectivity index is 1.33. The van der Waals surface area contributed by atoms with E-state index in [4.69, 9.17) is 0 Å². The quantitative estimate of drug-likeness (QED) is 0.675. The number of halogens is 1. The summed E-state index contributed by atoms with van der Waals surface area (Å²) in [5.41, 5.74) is 1.72. The first-order chi connectivity index (χ1) is 13.6. The number of benzene rings is 1. The predicted molar refractivity (Wildman–Crippen MR) is 111 cm³/mol. The number of anilines is 2. The van der Waals surface area contributed by atoms with Gasteiger partial charge in [0.05, 0.1) is 5.69 Å². The van der Waals surface area contributed by atoms with Crippen LogP contribution in [0.2, 0.25) is 0 Å². The Bertz CT molecular complexity index is 947. The zero-order valence-electron chi connectivity index (χ0n) is 15.4. The van der Waals surface area contributed by atoms with Gasteiger partial charge in [-0.2, -0.15) is 5.10 Å². The lowest BCUT2D eigenvalue weighted by molar-refractivity contribution is 0.208. The molecule has 0 radical (unpaired) electrons. The van der Waals surface area contributed by atoms with Gasteiger partial charge in [0.15, 0.2) is 11.6 Å². The van der Waals surface area contributed by atoms with Crippen LogP contribution < -0.4 is 10.2 Å². The number of hydrogen-bond acceptors (Lipinski definition) is 5. The van der Waals surface area contributed by atoms with Crippen LogP contribution >= 0.6 is 15.9 Å². The number of carbonyl (C=O) groups is 1. The predicted octanol–water partition coefficient (Wildman–Crippen LogP) is 3.09. The zero-order valence-corrected chi connectivity index (χ0v) is 17.0. The smallest absolute Gasteiger partial charge is 0.321 e. The lowest BCUT2D eigenvalue weighted by atomic mass is 10.3. The molecule has 2 amide bonds. The second-order valence-corrected chi connectivity index (χ2v) is 7.48. The summed E-state index contributed by atoms with van der Waals surface area (Å²) in [5, 5.41) is 15.9. The van der Waals surface area contributed by atoms with E-state index in [2.05, 4.69) is 41.4 Å². The minimum Gasteiger partial charge on any atom is -0.352 e. The van der Waals surface area contributed by atoms with Gasteiger partial charge in [-0.25, -0.2) is 9.48 Å². The monoisotopic (exact) mass is 441 g/mol. The van der Waals surface area contributed by atoms with Gasteiger partial charge in [-0.1, -0.05) is 15.9 Å². The third kappa shape index (κ3) is 4.14. The van der Waals surface area contributed by atoms with Gasteiger partial charge in [0.25, 0.3) is 0 Å². The van der Waals surface area contributed by atoms with E-state index in [1.54, 1.807) is 4.68 Å². The van der Waals surface area contributed by atoms with Crippen molar-refractivity contribution in [3.63, 3.8) is 0 Å². The fraction of sp³-hybridized carbons (Fsp3) is 0.263. The van der Waals surface area contributed by atoms with Crippen molar-refractivity contribution in [1.29, 1.82) is 0 Å². The maximum Gasteiger partial charge on any atom is 0.321 e. The first-order valence-electron chi connectivity index (χ1n) is 9.01. The number of nitrogens with one attached hydrogen (secondary N) is 1. The normalized spacial score (nSPS) is 14.2. The second-order valence-electron chi connectivity index (χ2n) is 6.56. The van der Waals surface area contributed by atoms with Crippen molar-refractivity contribution < 1.29 is 4.79 Å². The van der Waals surface area contributed by atoms with Crippen LogP contribution in [0.5, 0.6) is 0 Å². The standard InChI is InChI=1S/C19H20BrN7O/c1-14-8-9-27(24-14)18-7-6-17(22-23-18)25-10-12-26(13-11-25)19(28)21-16-4-2-15(20)3-5-16/h2-9H,10-13H2,1H3,(H,21,28). The lowest BCUT2D eigenvalue weighted by Crippen LogP contribution is -2.50. The number of nitrogens with zero attached hydrogens (tertiary/aromatic N) is 6. The van der Waals surface area contributed by atoms with E-state index in [-0.39, 0.29) is 6.03 Å². The minimum atomic E-state index is -0.0857. The topological polar surface area (TPSA) is 79.2 Å². The molecule has 28 heavy (non-hydrogen) atoms. The fourth-order valence-electron chi connectivity index (χ4n) is 3.03. The van der Waals surface area contributed by atoms with Crippen LogP contribution in [0, 0.1) is 6.92 Å². The summed E-state index contributed by atoms with van der Waals surface area (Å²) < 4.78 is 2.69. The largest absolute Gasteiger partial charge is 0.352 e. The van der Waals surface area contributed by atoms with Crippen molar-refractivity contribution in [2.24, 2.45) is 0 Å². The molecule has 3 aromatic rings. The number of amides is 2. The van der Waals surface area contributed by atoms with Gasteiger partial charge >= 0.3 is 6.03 Å². The number of aromatic nitrogens is 4. The van der Waals surface area contributed by atoms with Crippen molar-refractivity contribution in [2.45, 2.75) is 6.92 Å². The molecule has 1 aliphatic rings. The summed E-state index contributed by atoms with van der Waals surface area (Å²) in [4.78, 5) is 16.4. The molecule has 1 aliphatic heterocycles. The molecule has 144 valence electrons. The molecular formula is C19H20BrN7O. The third-order valence-corrected chi connectivity index (χ3v) is 5.11. The molecule has 1 aromatic carbocycles. The Morgan fingerprint density at radius 2 is 1.64 bits per heavy atom. The molecule has 0 aliphatic carbocycles. The minimum absolute atomic E-state index is 0.0857. The molecule has 0 saturated carbocycles. The van der Waals surface area contributed by atoms with Crippen LogP contribution in [0.4, 0.5) is 16.3 Å². The summed E-state index contributed by atoms with van der Waals surface area (Å²) in [6.07, 6.45) is 1.86. The highest BCUT2D eigenvalue weighted by molar-refractivity contribution is 9.10. The molecule has 0 spiro atoms. The van der Waals surface area contributed by atoms with Crippen molar-refractivity contribution in [1.82, 2.24) is 24.9 Å². The average molecular weight is 442 g/mol. The van der Waals surface area contributed by atoms with E-state index in [0.29, 0.717) is 32.0 Å². The van der Waals surface area contributed by atoms with Crippen LogP contribution in [0.3, 0.4) is 0 Å². The van der Waals surface area contributed by atoms with Gasteiger partial charge in [-0.3, -0.25) is 0 Å². The Kier molecular flexibility index (Phi) is 5.25. The van der Waals surface area contributed by atoms with Crippen molar-refractivity contribution >= 4 is 33.5 Å². The maximum absolute atomic E-state index is 12.4. The van der Waals surface area contributed by atoms with Gasteiger partial charge in [-0.05, 0) is 49.4 Å². The van der Waals surface area contributed by atoms with Crippen molar-refractivity contribution in [2.75, 3.05) is 36.4 Å².